The van der Waals surface area contributed by atoms with Crippen molar-refractivity contribution < 1.29 is 0 Å². The third kappa shape index (κ3) is 4.52. The summed E-state index contributed by atoms with van der Waals surface area (Å²) >= 11 is 0. The smallest absolute Gasteiger partial charge is 0.109 e. The van der Waals surface area contributed by atoms with Gasteiger partial charge in [0.1, 0.15) is 6.29 Å². The van der Waals surface area contributed by atoms with Crippen LogP contribution in [0.3, 0.4) is 0 Å². The van der Waals surface area contributed by atoms with Gasteiger partial charge in [-0.15, -0.1) is 0 Å². The Kier molecular flexibility index (Phi) is 5.76. The zero-order valence-electron chi connectivity index (χ0n) is 8.39. The van der Waals surface area contributed by atoms with E-state index in [0.717, 1.165) is 0 Å². The SMILES string of the molecule is CC[SiH2]NC(N(C)C)N(C)C. The van der Waals surface area contributed by atoms with Gasteiger partial charge in [0, 0.05) is 0 Å². The van der Waals surface area contributed by atoms with Crippen molar-refractivity contribution in [1.82, 2.24) is 14.8 Å². The van der Waals surface area contributed by atoms with E-state index in [2.05, 4.69) is 49.9 Å². The van der Waals surface area contributed by atoms with Crippen LogP contribution in [0.5, 0.6) is 0 Å². The topological polar surface area (TPSA) is 18.5 Å². The van der Waals surface area contributed by atoms with Gasteiger partial charge < -0.3 is 4.98 Å². The molecule has 0 amide bonds. The Hall–Kier alpha value is 0.0969. The molecule has 0 unspecified atom stereocenters. The van der Waals surface area contributed by atoms with E-state index >= 15 is 0 Å². The quantitative estimate of drug-likeness (QED) is 0.449. The van der Waals surface area contributed by atoms with E-state index < -0.39 is 0 Å². The van der Waals surface area contributed by atoms with Gasteiger partial charge in [-0.3, -0.25) is 9.80 Å². The lowest BCUT2D eigenvalue weighted by molar-refractivity contribution is 0.118. The molecule has 0 aromatic rings. The normalized spacial score (nSPS) is 13.1. The molecule has 0 atom stereocenters. The van der Waals surface area contributed by atoms with Crippen molar-refractivity contribution in [3.8, 4) is 0 Å². The molecule has 0 fully saturated rings. The Bertz CT molecular complexity index is 87.7. The Balaban J connectivity index is 3.70. The van der Waals surface area contributed by atoms with Crippen molar-refractivity contribution >= 4 is 9.68 Å². The highest BCUT2D eigenvalue weighted by atomic mass is 28.2. The number of hydrogen-bond acceptors (Lipinski definition) is 3. The molecule has 0 aromatic heterocycles. The molecule has 0 bridgehead atoms. The van der Waals surface area contributed by atoms with Gasteiger partial charge >= 0.3 is 0 Å². The molecule has 0 heterocycles. The average Bonchev–Trinajstić information content (AvgIpc) is 1.87. The number of hydrogen-bond donors (Lipinski definition) is 1. The summed E-state index contributed by atoms with van der Waals surface area (Å²) in [6.45, 7) is 2.24. The maximum atomic E-state index is 3.56. The zero-order valence-corrected chi connectivity index (χ0v) is 9.80. The summed E-state index contributed by atoms with van der Waals surface area (Å²) in [6, 6.07) is 1.32. The largest absolute Gasteiger partial charge is 0.316 e. The minimum Gasteiger partial charge on any atom is -0.316 e. The summed E-state index contributed by atoms with van der Waals surface area (Å²) in [7, 11) is 8.35. The molecular weight excluding hydrogens is 154 g/mol. The molecular formula is C7H21N3Si. The van der Waals surface area contributed by atoms with Crippen molar-refractivity contribution in [2.24, 2.45) is 0 Å². The molecule has 3 nitrogen and oxygen atoms in total. The minimum absolute atomic E-state index is 0.0447. The summed E-state index contributed by atoms with van der Waals surface area (Å²) in [4.78, 5) is 7.95. The van der Waals surface area contributed by atoms with Crippen molar-refractivity contribution in [3.63, 3.8) is 0 Å². The van der Waals surface area contributed by atoms with E-state index in [1.165, 1.54) is 6.04 Å². The van der Waals surface area contributed by atoms with Gasteiger partial charge in [0.15, 0.2) is 0 Å². The third-order valence-corrected chi connectivity index (χ3v) is 2.71. The lowest BCUT2D eigenvalue weighted by atomic mass is 10.7. The summed E-state index contributed by atoms with van der Waals surface area (Å²) in [5, 5.41) is 0. The van der Waals surface area contributed by atoms with Crippen molar-refractivity contribution in [2.45, 2.75) is 19.3 Å². The zero-order chi connectivity index (χ0) is 8.85. The van der Waals surface area contributed by atoms with Crippen LogP contribution in [0, 0.1) is 0 Å². The van der Waals surface area contributed by atoms with E-state index in [-0.39, 0.29) is 9.68 Å². The van der Waals surface area contributed by atoms with Gasteiger partial charge in [0.25, 0.3) is 0 Å². The van der Waals surface area contributed by atoms with E-state index in [1.807, 2.05) is 0 Å². The maximum absolute atomic E-state index is 3.56. The molecule has 0 rings (SSSR count). The summed E-state index contributed by atoms with van der Waals surface area (Å²) in [5.41, 5.74) is 0. The lowest BCUT2D eigenvalue weighted by Crippen LogP contribution is -2.52. The first-order chi connectivity index (χ1) is 5.09. The first-order valence-corrected chi connectivity index (χ1v) is 5.86. The standard InChI is InChI=1S/C7H21N3Si/c1-6-11-8-7(9(2)3)10(4)5/h7-8H,6,11H2,1-5H3. The highest BCUT2D eigenvalue weighted by molar-refractivity contribution is 6.31. The molecule has 0 saturated heterocycles. The molecule has 0 aliphatic carbocycles. The van der Waals surface area contributed by atoms with Crippen LogP contribution in [0.25, 0.3) is 0 Å². The van der Waals surface area contributed by atoms with E-state index in [0.29, 0.717) is 6.29 Å². The second-order valence-electron chi connectivity index (χ2n) is 3.26. The van der Waals surface area contributed by atoms with Crippen LogP contribution in [0.1, 0.15) is 6.92 Å². The highest BCUT2D eigenvalue weighted by Gasteiger charge is 2.10. The number of rotatable bonds is 5. The second kappa shape index (κ2) is 5.71. The Labute approximate surface area is 72.7 Å². The predicted octanol–water partition coefficient (Wildman–Crippen LogP) is -0.495. The fourth-order valence-electron chi connectivity index (χ4n) is 1.10. The molecule has 0 aromatic carbocycles. The van der Waals surface area contributed by atoms with Crippen LogP contribution in [0.2, 0.25) is 6.04 Å². The molecule has 4 heteroatoms. The molecule has 0 aliphatic rings. The van der Waals surface area contributed by atoms with Crippen molar-refractivity contribution in [3.05, 3.63) is 0 Å². The fraction of sp³-hybridized carbons (Fsp3) is 1.00. The second-order valence-corrected chi connectivity index (χ2v) is 5.16. The maximum Gasteiger partial charge on any atom is 0.109 e. The first-order valence-electron chi connectivity index (χ1n) is 4.15. The molecule has 0 radical (unpaired) electrons. The van der Waals surface area contributed by atoms with Crippen LogP contribution in [0.4, 0.5) is 0 Å². The highest BCUT2D eigenvalue weighted by Crippen LogP contribution is 1.91. The summed E-state index contributed by atoms with van der Waals surface area (Å²) < 4.78 is 0. The number of nitrogens with one attached hydrogen (secondary N) is 1. The van der Waals surface area contributed by atoms with E-state index in [9.17, 15) is 0 Å². The van der Waals surface area contributed by atoms with E-state index in [1.54, 1.807) is 0 Å². The van der Waals surface area contributed by atoms with Crippen LogP contribution in [0.15, 0.2) is 0 Å². The van der Waals surface area contributed by atoms with Crippen LogP contribution in [-0.2, 0) is 0 Å². The van der Waals surface area contributed by atoms with Crippen LogP contribution >= 0.6 is 0 Å². The molecule has 68 valence electrons. The predicted molar refractivity (Wildman–Crippen MR) is 53.3 cm³/mol. The Morgan fingerprint density at radius 3 is 1.91 bits per heavy atom. The van der Waals surface area contributed by atoms with E-state index in [4.69, 9.17) is 0 Å². The van der Waals surface area contributed by atoms with Gasteiger partial charge in [0.05, 0.1) is 9.68 Å². The Morgan fingerprint density at radius 1 is 1.18 bits per heavy atom. The van der Waals surface area contributed by atoms with Gasteiger partial charge in [-0.2, -0.15) is 0 Å². The summed E-state index contributed by atoms with van der Waals surface area (Å²) in [5.74, 6) is 0. The molecule has 0 spiro atoms. The monoisotopic (exact) mass is 175 g/mol. The molecule has 11 heavy (non-hydrogen) atoms. The molecule has 0 saturated carbocycles. The number of nitrogens with zero attached hydrogens (tertiary/aromatic N) is 2. The van der Waals surface area contributed by atoms with Crippen molar-refractivity contribution in [2.75, 3.05) is 28.2 Å². The third-order valence-electron chi connectivity index (χ3n) is 1.56. The Morgan fingerprint density at radius 2 is 1.64 bits per heavy atom. The van der Waals surface area contributed by atoms with Crippen molar-refractivity contribution in [1.29, 1.82) is 0 Å². The first kappa shape index (κ1) is 11.1. The molecule has 1 N–H and O–H groups in total. The van der Waals surface area contributed by atoms with Gasteiger partial charge in [-0.05, 0) is 28.2 Å². The minimum atomic E-state index is -0.0447. The summed E-state index contributed by atoms with van der Waals surface area (Å²) in [6.07, 6.45) is 0.418. The molecule has 0 aliphatic heterocycles. The van der Waals surface area contributed by atoms with Gasteiger partial charge in [-0.25, -0.2) is 0 Å². The van der Waals surface area contributed by atoms with Crippen LogP contribution in [-0.4, -0.2) is 54.0 Å². The van der Waals surface area contributed by atoms with Gasteiger partial charge in [0.2, 0.25) is 0 Å². The fourth-order valence-corrected chi connectivity index (χ4v) is 2.38. The average molecular weight is 175 g/mol. The van der Waals surface area contributed by atoms with Gasteiger partial charge in [-0.1, -0.05) is 13.0 Å². The van der Waals surface area contributed by atoms with Crippen LogP contribution < -0.4 is 4.98 Å². The lowest BCUT2D eigenvalue weighted by Gasteiger charge is -2.31.